The molecule has 0 radical (unpaired) electrons. The highest BCUT2D eigenvalue weighted by Gasteiger charge is 2.17. The maximum Gasteiger partial charge on any atom is 0.242 e. The van der Waals surface area contributed by atoms with Gasteiger partial charge in [0, 0.05) is 29.5 Å². The van der Waals surface area contributed by atoms with Crippen molar-refractivity contribution in [3.63, 3.8) is 0 Å². The van der Waals surface area contributed by atoms with Gasteiger partial charge in [0.05, 0.1) is 0 Å². The second kappa shape index (κ2) is 10.1. The number of carbonyl (C=O) groups excluding carboxylic acids is 2. The fourth-order valence-electron chi connectivity index (χ4n) is 2.32. The minimum Gasteiger partial charge on any atom is -0.352 e. The number of rotatable bonds is 9. The lowest BCUT2D eigenvalue weighted by Crippen LogP contribution is -2.47. The molecule has 1 heterocycles. The Morgan fingerprint density at radius 3 is 2.56 bits per heavy atom. The summed E-state index contributed by atoms with van der Waals surface area (Å²) in [6.45, 7) is 5.59. The van der Waals surface area contributed by atoms with Crippen LogP contribution in [-0.4, -0.2) is 34.0 Å². The minimum absolute atomic E-state index is 0.0872. The van der Waals surface area contributed by atoms with Crippen LogP contribution >= 0.6 is 11.6 Å². The first-order valence-electron chi connectivity index (χ1n) is 9.07. The summed E-state index contributed by atoms with van der Waals surface area (Å²) >= 11 is 5.86. The molecule has 2 N–H and O–H groups in total. The number of aryl methyl sites for hydroxylation is 1. The highest BCUT2D eigenvalue weighted by molar-refractivity contribution is 6.30. The third kappa shape index (κ3) is 6.67. The van der Waals surface area contributed by atoms with Crippen molar-refractivity contribution < 1.29 is 14.1 Å². The smallest absolute Gasteiger partial charge is 0.242 e. The largest absolute Gasteiger partial charge is 0.352 e. The molecule has 1 aromatic carbocycles. The van der Waals surface area contributed by atoms with Gasteiger partial charge in [-0.3, -0.25) is 9.59 Å². The van der Waals surface area contributed by atoms with Gasteiger partial charge in [0.15, 0.2) is 0 Å². The van der Waals surface area contributed by atoms with Gasteiger partial charge in [-0.25, -0.2) is 0 Å². The summed E-state index contributed by atoms with van der Waals surface area (Å²) < 4.78 is 5.22. The SMILES string of the molecule is CCC(C)NC(=O)C(C)NC(=O)CCCc1nc(-c2ccc(Cl)cc2)no1. The van der Waals surface area contributed by atoms with Crippen molar-refractivity contribution in [3.05, 3.63) is 35.2 Å². The highest BCUT2D eigenvalue weighted by atomic mass is 35.5. The summed E-state index contributed by atoms with van der Waals surface area (Å²) in [4.78, 5) is 28.2. The Hall–Kier alpha value is -2.41. The van der Waals surface area contributed by atoms with Crippen LogP contribution in [0.2, 0.25) is 5.02 Å². The van der Waals surface area contributed by atoms with E-state index in [-0.39, 0.29) is 24.3 Å². The Kier molecular flexibility index (Phi) is 7.79. The monoisotopic (exact) mass is 392 g/mol. The lowest BCUT2D eigenvalue weighted by atomic mass is 10.2. The number of hydrogen-bond acceptors (Lipinski definition) is 5. The van der Waals surface area contributed by atoms with E-state index in [2.05, 4.69) is 20.8 Å². The molecule has 0 saturated carbocycles. The summed E-state index contributed by atoms with van der Waals surface area (Å²) in [5.74, 6) is 0.596. The van der Waals surface area contributed by atoms with E-state index < -0.39 is 6.04 Å². The predicted molar refractivity (Wildman–Crippen MR) is 103 cm³/mol. The molecule has 0 fully saturated rings. The first-order chi connectivity index (χ1) is 12.9. The summed E-state index contributed by atoms with van der Waals surface area (Å²) in [6.07, 6.45) is 2.16. The molecule has 8 heteroatoms. The van der Waals surface area contributed by atoms with E-state index in [1.54, 1.807) is 19.1 Å². The first kappa shape index (κ1) is 20.9. The Balaban J connectivity index is 1.75. The number of halogens is 1. The number of hydrogen-bond donors (Lipinski definition) is 2. The van der Waals surface area contributed by atoms with Crippen LogP contribution in [0, 0.1) is 0 Å². The molecule has 0 spiro atoms. The predicted octanol–water partition coefficient (Wildman–Crippen LogP) is 3.13. The zero-order valence-corrected chi connectivity index (χ0v) is 16.5. The maximum atomic E-state index is 12.0. The van der Waals surface area contributed by atoms with Gasteiger partial charge < -0.3 is 15.2 Å². The van der Waals surface area contributed by atoms with Crippen molar-refractivity contribution in [1.29, 1.82) is 0 Å². The second-order valence-corrected chi connectivity index (χ2v) is 6.92. The molecular formula is C19H25ClN4O3. The van der Waals surface area contributed by atoms with Crippen LogP contribution in [0.15, 0.2) is 28.8 Å². The summed E-state index contributed by atoms with van der Waals surface area (Å²) in [5, 5.41) is 10.1. The van der Waals surface area contributed by atoms with Crippen LogP contribution in [0.1, 0.15) is 45.9 Å². The molecule has 2 aromatic rings. The molecule has 2 unspecified atom stereocenters. The molecule has 1 aromatic heterocycles. The van der Waals surface area contributed by atoms with Crippen LogP contribution in [0.25, 0.3) is 11.4 Å². The Morgan fingerprint density at radius 1 is 1.19 bits per heavy atom. The minimum atomic E-state index is -0.564. The molecule has 7 nitrogen and oxygen atoms in total. The van der Waals surface area contributed by atoms with Crippen LogP contribution in [0.5, 0.6) is 0 Å². The van der Waals surface area contributed by atoms with Crippen molar-refractivity contribution in [2.75, 3.05) is 0 Å². The van der Waals surface area contributed by atoms with Gasteiger partial charge in [0.1, 0.15) is 6.04 Å². The third-order valence-corrected chi connectivity index (χ3v) is 4.39. The molecule has 2 rings (SSSR count). The van der Waals surface area contributed by atoms with E-state index in [9.17, 15) is 9.59 Å². The molecule has 2 amide bonds. The normalized spacial score (nSPS) is 13.0. The van der Waals surface area contributed by atoms with Crippen LogP contribution in [0.4, 0.5) is 0 Å². The van der Waals surface area contributed by atoms with Crippen molar-refractivity contribution >= 4 is 23.4 Å². The van der Waals surface area contributed by atoms with E-state index in [4.69, 9.17) is 16.1 Å². The standard InChI is InChI=1S/C19H25ClN4O3/c1-4-12(2)21-19(26)13(3)22-16(25)6-5-7-17-23-18(24-27-17)14-8-10-15(20)11-9-14/h8-13H,4-7H2,1-3H3,(H,21,26)(H,22,25). The Bertz CT molecular complexity index is 761. The third-order valence-electron chi connectivity index (χ3n) is 4.14. The van der Waals surface area contributed by atoms with Crippen LogP contribution < -0.4 is 10.6 Å². The number of carbonyl (C=O) groups is 2. The van der Waals surface area contributed by atoms with Crippen LogP contribution in [0.3, 0.4) is 0 Å². The van der Waals surface area contributed by atoms with Crippen molar-refractivity contribution in [1.82, 2.24) is 20.8 Å². The molecule has 0 saturated heterocycles. The van der Waals surface area contributed by atoms with Gasteiger partial charge in [-0.2, -0.15) is 4.98 Å². The van der Waals surface area contributed by atoms with Gasteiger partial charge in [-0.15, -0.1) is 0 Å². The Morgan fingerprint density at radius 2 is 1.89 bits per heavy atom. The lowest BCUT2D eigenvalue weighted by molar-refractivity contribution is -0.129. The van der Waals surface area contributed by atoms with Crippen molar-refractivity contribution in [3.8, 4) is 11.4 Å². The van der Waals surface area contributed by atoms with Gasteiger partial charge in [-0.05, 0) is 51.0 Å². The van der Waals surface area contributed by atoms with Crippen molar-refractivity contribution in [2.24, 2.45) is 0 Å². The number of nitrogens with zero attached hydrogens (tertiary/aromatic N) is 2. The molecule has 0 bridgehead atoms. The summed E-state index contributed by atoms with van der Waals surface area (Å²) in [5.41, 5.74) is 0.813. The van der Waals surface area contributed by atoms with E-state index in [1.165, 1.54) is 0 Å². The van der Waals surface area contributed by atoms with Gasteiger partial charge >= 0.3 is 0 Å². The first-order valence-corrected chi connectivity index (χ1v) is 9.45. The van der Waals surface area contributed by atoms with E-state index in [0.29, 0.717) is 29.6 Å². The second-order valence-electron chi connectivity index (χ2n) is 6.48. The molecule has 0 aliphatic carbocycles. The molecule has 146 valence electrons. The van der Waals surface area contributed by atoms with E-state index >= 15 is 0 Å². The fourth-order valence-corrected chi connectivity index (χ4v) is 2.45. The number of nitrogens with one attached hydrogen (secondary N) is 2. The molecular weight excluding hydrogens is 368 g/mol. The zero-order valence-electron chi connectivity index (χ0n) is 15.8. The zero-order chi connectivity index (χ0) is 19.8. The highest BCUT2D eigenvalue weighted by Crippen LogP contribution is 2.19. The average molecular weight is 393 g/mol. The topological polar surface area (TPSA) is 97.1 Å². The fraction of sp³-hybridized carbons (Fsp3) is 0.474. The molecule has 0 aliphatic rings. The van der Waals surface area contributed by atoms with E-state index in [1.807, 2.05) is 26.0 Å². The maximum absolute atomic E-state index is 12.0. The number of amides is 2. The quantitative estimate of drug-likeness (QED) is 0.683. The lowest BCUT2D eigenvalue weighted by Gasteiger charge is -2.17. The van der Waals surface area contributed by atoms with E-state index in [0.717, 1.165) is 12.0 Å². The summed E-state index contributed by atoms with van der Waals surface area (Å²) in [6, 6.07) is 6.67. The Labute approximate surface area is 163 Å². The van der Waals surface area contributed by atoms with Gasteiger partial charge in [0.2, 0.25) is 23.5 Å². The molecule has 2 atom stereocenters. The van der Waals surface area contributed by atoms with Crippen molar-refractivity contribution in [2.45, 2.75) is 58.5 Å². The summed E-state index contributed by atoms with van der Waals surface area (Å²) in [7, 11) is 0. The van der Waals surface area contributed by atoms with Gasteiger partial charge in [0.25, 0.3) is 0 Å². The number of aromatic nitrogens is 2. The molecule has 0 aliphatic heterocycles. The average Bonchev–Trinajstić information content (AvgIpc) is 3.10. The van der Waals surface area contributed by atoms with Gasteiger partial charge in [-0.1, -0.05) is 23.7 Å². The molecule has 27 heavy (non-hydrogen) atoms. The van der Waals surface area contributed by atoms with Crippen LogP contribution in [-0.2, 0) is 16.0 Å². The number of benzene rings is 1.